The van der Waals surface area contributed by atoms with Gasteiger partial charge < -0.3 is 4.90 Å². The summed E-state index contributed by atoms with van der Waals surface area (Å²) in [6.07, 6.45) is 4.13. The summed E-state index contributed by atoms with van der Waals surface area (Å²) in [6.45, 7) is 9.49. The summed E-state index contributed by atoms with van der Waals surface area (Å²) in [4.78, 5) is 5.31. The highest BCUT2D eigenvalue weighted by molar-refractivity contribution is 5.85. The molecule has 1 aliphatic rings. The summed E-state index contributed by atoms with van der Waals surface area (Å²) >= 11 is 0. The Bertz CT molecular complexity index is 569. The van der Waals surface area contributed by atoms with Crippen molar-refractivity contribution < 1.29 is 0 Å². The van der Waals surface area contributed by atoms with Gasteiger partial charge in [-0.2, -0.15) is 0 Å². The Kier molecular flexibility index (Phi) is 8.64. The lowest BCUT2D eigenvalue weighted by Crippen LogP contribution is -2.42. The maximum atomic E-state index is 2.67. The number of rotatable bonds is 7. The molecule has 0 radical (unpaired) electrons. The summed E-state index contributed by atoms with van der Waals surface area (Å²) in [6, 6.07) is 22.8. The van der Waals surface area contributed by atoms with Crippen LogP contribution in [0.15, 0.2) is 60.7 Å². The average Bonchev–Trinajstić information content (AvgIpc) is 2.67. The van der Waals surface area contributed by atoms with Gasteiger partial charge in [0.15, 0.2) is 0 Å². The van der Waals surface area contributed by atoms with Gasteiger partial charge in [-0.15, -0.1) is 12.4 Å². The number of halogens is 1. The van der Waals surface area contributed by atoms with Crippen LogP contribution in [0.3, 0.4) is 0 Å². The monoisotopic (exact) mass is 372 g/mol. The fraction of sp³-hybridized carbons (Fsp3) is 0.478. The summed E-state index contributed by atoms with van der Waals surface area (Å²) in [5.41, 5.74) is 2.78. The molecule has 26 heavy (non-hydrogen) atoms. The third-order valence-electron chi connectivity index (χ3n) is 5.35. The molecule has 0 aliphatic carbocycles. The molecule has 2 aromatic carbocycles. The molecule has 1 aliphatic heterocycles. The molecular weight excluding hydrogens is 340 g/mol. The molecule has 1 saturated heterocycles. The summed E-state index contributed by atoms with van der Waals surface area (Å²) in [5.74, 6) is 0. The lowest BCUT2D eigenvalue weighted by atomic mass is 9.96. The first-order chi connectivity index (χ1) is 12.3. The molecule has 2 nitrogen and oxygen atoms in total. The molecule has 3 rings (SSSR count). The number of likely N-dealkylation sites (tertiary alicyclic amines) is 1. The zero-order chi connectivity index (χ0) is 17.5. The van der Waals surface area contributed by atoms with Crippen molar-refractivity contribution in [3.63, 3.8) is 0 Å². The topological polar surface area (TPSA) is 6.48 Å². The van der Waals surface area contributed by atoms with Crippen LogP contribution in [0.5, 0.6) is 0 Å². The van der Waals surface area contributed by atoms with E-state index in [0.29, 0.717) is 12.1 Å². The molecule has 0 saturated carbocycles. The number of benzene rings is 2. The largest absolute Gasteiger partial charge is 0.302 e. The first-order valence-corrected chi connectivity index (χ1v) is 9.83. The Hall–Kier alpha value is -1.35. The first kappa shape index (κ1) is 21.0. The van der Waals surface area contributed by atoms with Crippen molar-refractivity contribution in [1.29, 1.82) is 0 Å². The summed E-state index contributed by atoms with van der Waals surface area (Å²) < 4.78 is 0. The van der Waals surface area contributed by atoms with E-state index in [4.69, 9.17) is 0 Å². The van der Waals surface area contributed by atoms with Gasteiger partial charge in [-0.3, -0.25) is 4.90 Å². The van der Waals surface area contributed by atoms with Crippen LogP contribution in [-0.2, 0) is 0 Å². The standard InChI is InChI=1S/C23H32N2.ClH/c1-20(2)25(19-18-24-16-10-5-11-17-24)23(21-12-6-3-7-13-21)22-14-8-4-9-15-22;/h3-4,6-9,12-15,20,23H,5,10-11,16-19H2,1-2H3;1H. The Balaban J connectivity index is 0.00000243. The Morgan fingerprint density at radius 3 is 1.77 bits per heavy atom. The second-order valence-corrected chi connectivity index (χ2v) is 7.46. The molecule has 0 aromatic heterocycles. The molecule has 0 atom stereocenters. The van der Waals surface area contributed by atoms with Gasteiger partial charge in [-0.25, -0.2) is 0 Å². The number of hydrogen-bond acceptors (Lipinski definition) is 2. The first-order valence-electron chi connectivity index (χ1n) is 9.83. The highest BCUT2D eigenvalue weighted by Crippen LogP contribution is 2.30. The summed E-state index contributed by atoms with van der Waals surface area (Å²) in [5, 5.41) is 0. The van der Waals surface area contributed by atoms with E-state index in [2.05, 4.69) is 84.3 Å². The van der Waals surface area contributed by atoms with Crippen LogP contribution in [0.1, 0.15) is 50.3 Å². The van der Waals surface area contributed by atoms with Gasteiger partial charge in [-0.05, 0) is 50.9 Å². The third kappa shape index (κ3) is 5.57. The number of nitrogens with zero attached hydrogens (tertiary/aromatic N) is 2. The van der Waals surface area contributed by atoms with E-state index in [0.717, 1.165) is 6.54 Å². The van der Waals surface area contributed by atoms with Crippen LogP contribution < -0.4 is 0 Å². The summed E-state index contributed by atoms with van der Waals surface area (Å²) in [7, 11) is 0. The van der Waals surface area contributed by atoms with E-state index < -0.39 is 0 Å². The Morgan fingerprint density at radius 1 is 0.808 bits per heavy atom. The van der Waals surface area contributed by atoms with Crippen molar-refractivity contribution in [2.24, 2.45) is 0 Å². The van der Waals surface area contributed by atoms with E-state index >= 15 is 0 Å². The zero-order valence-corrected chi connectivity index (χ0v) is 17.0. The molecule has 3 heteroatoms. The maximum absolute atomic E-state index is 2.67. The average molecular weight is 373 g/mol. The molecular formula is C23H33ClN2. The minimum absolute atomic E-state index is 0. The van der Waals surface area contributed by atoms with Crippen molar-refractivity contribution in [3.8, 4) is 0 Å². The maximum Gasteiger partial charge on any atom is 0.0604 e. The van der Waals surface area contributed by atoms with E-state index in [1.807, 2.05) is 0 Å². The molecule has 0 N–H and O–H groups in total. The second kappa shape index (κ2) is 10.7. The van der Waals surface area contributed by atoms with E-state index in [1.165, 1.54) is 50.0 Å². The Morgan fingerprint density at radius 2 is 1.31 bits per heavy atom. The smallest absolute Gasteiger partial charge is 0.0604 e. The lowest BCUT2D eigenvalue weighted by Gasteiger charge is -2.38. The predicted octanol–water partition coefficient (Wildman–Crippen LogP) is 5.39. The van der Waals surface area contributed by atoms with Crippen LogP contribution in [0, 0.1) is 0 Å². The molecule has 1 fully saturated rings. The molecule has 0 bridgehead atoms. The van der Waals surface area contributed by atoms with Gasteiger partial charge in [0.1, 0.15) is 0 Å². The molecule has 1 heterocycles. The van der Waals surface area contributed by atoms with Gasteiger partial charge in [0.05, 0.1) is 6.04 Å². The van der Waals surface area contributed by atoms with E-state index in [-0.39, 0.29) is 12.4 Å². The molecule has 0 amide bonds. The third-order valence-corrected chi connectivity index (χ3v) is 5.35. The van der Waals surface area contributed by atoms with Gasteiger partial charge in [-0.1, -0.05) is 67.1 Å². The molecule has 0 spiro atoms. The van der Waals surface area contributed by atoms with E-state index in [9.17, 15) is 0 Å². The zero-order valence-electron chi connectivity index (χ0n) is 16.2. The Labute approximate surface area is 165 Å². The SMILES string of the molecule is CC(C)N(CCN1CCCCC1)C(c1ccccc1)c1ccccc1.Cl. The van der Waals surface area contributed by atoms with Gasteiger partial charge in [0, 0.05) is 19.1 Å². The number of hydrogen-bond donors (Lipinski definition) is 0. The quantitative estimate of drug-likeness (QED) is 0.642. The van der Waals surface area contributed by atoms with Crippen LogP contribution in [-0.4, -0.2) is 42.0 Å². The van der Waals surface area contributed by atoms with Crippen molar-refractivity contribution >= 4 is 12.4 Å². The van der Waals surface area contributed by atoms with Crippen molar-refractivity contribution in [1.82, 2.24) is 9.80 Å². The molecule has 0 unspecified atom stereocenters. The van der Waals surface area contributed by atoms with Gasteiger partial charge >= 0.3 is 0 Å². The van der Waals surface area contributed by atoms with Crippen LogP contribution >= 0.6 is 12.4 Å². The van der Waals surface area contributed by atoms with Crippen LogP contribution in [0.2, 0.25) is 0 Å². The van der Waals surface area contributed by atoms with Gasteiger partial charge in [0.2, 0.25) is 0 Å². The highest BCUT2D eigenvalue weighted by atomic mass is 35.5. The number of piperidine rings is 1. The van der Waals surface area contributed by atoms with Crippen molar-refractivity contribution in [3.05, 3.63) is 71.8 Å². The van der Waals surface area contributed by atoms with E-state index in [1.54, 1.807) is 0 Å². The normalized spacial score (nSPS) is 15.4. The minimum Gasteiger partial charge on any atom is -0.302 e. The van der Waals surface area contributed by atoms with Crippen LogP contribution in [0.25, 0.3) is 0 Å². The fourth-order valence-corrected chi connectivity index (χ4v) is 3.97. The molecule has 142 valence electrons. The van der Waals surface area contributed by atoms with Gasteiger partial charge in [0.25, 0.3) is 0 Å². The molecule has 2 aromatic rings. The highest BCUT2D eigenvalue weighted by Gasteiger charge is 2.25. The van der Waals surface area contributed by atoms with Crippen molar-refractivity contribution in [2.75, 3.05) is 26.2 Å². The second-order valence-electron chi connectivity index (χ2n) is 7.46. The van der Waals surface area contributed by atoms with Crippen molar-refractivity contribution in [2.45, 2.75) is 45.2 Å². The lowest BCUT2D eigenvalue weighted by molar-refractivity contribution is 0.135. The predicted molar refractivity (Wildman–Crippen MR) is 114 cm³/mol. The fourth-order valence-electron chi connectivity index (χ4n) is 3.97. The van der Waals surface area contributed by atoms with Crippen LogP contribution in [0.4, 0.5) is 0 Å². The minimum atomic E-state index is 0.